The summed E-state index contributed by atoms with van der Waals surface area (Å²) in [6, 6.07) is 11.9. The van der Waals surface area contributed by atoms with E-state index in [2.05, 4.69) is 0 Å². The van der Waals surface area contributed by atoms with Crippen molar-refractivity contribution in [2.24, 2.45) is 5.92 Å². The van der Waals surface area contributed by atoms with Gasteiger partial charge in [-0.15, -0.1) is 0 Å². The van der Waals surface area contributed by atoms with Crippen LogP contribution in [0.3, 0.4) is 0 Å². The normalized spacial score (nSPS) is 16.7. The van der Waals surface area contributed by atoms with Crippen molar-refractivity contribution >= 4 is 17.0 Å². The highest BCUT2D eigenvalue weighted by molar-refractivity contribution is 5.84. The van der Waals surface area contributed by atoms with Crippen LogP contribution in [0.15, 0.2) is 47.3 Å². The van der Waals surface area contributed by atoms with Gasteiger partial charge in [-0.1, -0.05) is 32.0 Å². The highest BCUT2D eigenvalue weighted by atomic mass is 19.1. The number of likely N-dealkylation sites (tertiary alicyclic amines) is 1. The molecule has 1 amide bonds. The fourth-order valence-corrected chi connectivity index (χ4v) is 4.64. The number of hydrogen-bond acceptors (Lipinski definition) is 4. The van der Waals surface area contributed by atoms with Crippen LogP contribution in [0.5, 0.6) is 0 Å². The Balaban J connectivity index is 1.67. The second kappa shape index (κ2) is 9.80. The van der Waals surface area contributed by atoms with Crippen LogP contribution in [0, 0.1) is 11.7 Å². The van der Waals surface area contributed by atoms with Gasteiger partial charge in [0.1, 0.15) is 17.2 Å². The van der Waals surface area contributed by atoms with Gasteiger partial charge in [-0.3, -0.25) is 9.36 Å². The molecule has 4 rings (SSSR count). The summed E-state index contributed by atoms with van der Waals surface area (Å²) in [7, 11) is 0. The Morgan fingerprint density at radius 2 is 1.83 bits per heavy atom. The summed E-state index contributed by atoms with van der Waals surface area (Å²) in [5, 5.41) is 0.538. The Morgan fingerprint density at radius 3 is 2.49 bits per heavy atom. The molecule has 6 nitrogen and oxygen atoms in total. The summed E-state index contributed by atoms with van der Waals surface area (Å²) < 4.78 is 20.7. The van der Waals surface area contributed by atoms with E-state index >= 15 is 0 Å². The number of ether oxygens (including phenoxy) is 1. The summed E-state index contributed by atoms with van der Waals surface area (Å²) >= 11 is 0. The molecule has 1 aliphatic rings. The Hall–Kier alpha value is -3.22. The standard InChI is InChI=1S/C28H34FN3O3/c1-18(2)25-30-24-13-10-21(20-8-11-22(29)12-9-20)15-23(24)26(33)32(25)17-19-7-6-14-31(16-19)27(34)35-28(3,4)5/h8-13,15,18-19H,6-7,14,16-17H2,1-5H3/t19-/m0/s1. The molecule has 186 valence electrons. The zero-order valence-corrected chi connectivity index (χ0v) is 21.2. The first kappa shape index (κ1) is 24.9. The largest absolute Gasteiger partial charge is 0.444 e. The van der Waals surface area contributed by atoms with E-state index in [0.717, 1.165) is 29.8 Å². The minimum Gasteiger partial charge on any atom is -0.444 e. The average Bonchev–Trinajstić information content (AvgIpc) is 2.80. The fourth-order valence-electron chi connectivity index (χ4n) is 4.64. The molecule has 0 bridgehead atoms. The van der Waals surface area contributed by atoms with Crippen molar-refractivity contribution in [2.75, 3.05) is 13.1 Å². The van der Waals surface area contributed by atoms with Crippen molar-refractivity contribution in [1.82, 2.24) is 14.5 Å². The van der Waals surface area contributed by atoms with Gasteiger partial charge in [0.25, 0.3) is 5.56 Å². The summed E-state index contributed by atoms with van der Waals surface area (Å²) in [5.41, 5.74) is 1.70. The summed E-state index contributed by atoms with van der Waals surface area (Å²) in [5.74, 6) is 0.639. The van der Waals surface area contributed by atoms with Gasteiger partial charge >= 0.3 is 6.09 Å². The number of halogens is 1. The van der Waals surface area contributed by atoms with Crippen LogP contribution in [-0.2, 0) is 11.3 Å². The molecule has 1 atom stereocenters. The highest BCUT2D eigenvalue weighted by Gasteiger charge is 2.29. The monoisotopic (exact) mass is 479 g/mol. The minimum absolute atomic E-state index is 0.0643. The third kappa shape index (κ3) is 5.72. The van der Waals surface area contributed by atoms with E-state index in [9.17, 15) is 14.0 Å². The second-order valence-corrected chi connectivity index (χ2v) is 10.7. The van der Waals surface area contributed by atoms with Gasteiger partial charge in [0.2, 0.25) is 0 Å². The number of carbonyl (C=O) groups excluding carboxylic acids is 1. The Labute approximate surface area is 205 Å². The Kier molecular flexibility index (Phi) is 6.97. The summed E-state index contributed by atoms with van der Waals surface area (Å²) in [6.07, 6.45) is 1.49. The van der Waals surface area contributed by atoms with Gasteiger partial charge in [0.05, 0.1) is 10.9 Å². The van der Waals surface area contributed by atoms with Crippen molar-refractivity contribution in [2.45, 2.75) is 65.5 Å². The van der Waals surface area contributed by atoms with Gasteiger partial charge < -0.3 is 9.64 Å². The van der Waals surface area contributed by atoms with Gasteiger partial charge in [0.15, 0.2) is 0 Å². The first-order valence-electron chi connectivity index (χ1n) is 12.3. The molecule has 0 N–H and O–H groups in total. The molecular formula is C28H34FN3O3. The van der Waals surface area contributed by atoms with E-state index in [4.69, 9.17) is 9.72 Å². The molecule has 7 heteroatoms. The summed E-state index contributed by atoms with van der Waals surface area (Å²) in [6.45, 7) is 11.4. The van der Waals surface area contributed by atoms with Crippen LogP contribution in [0.1, 0.15) is 59.2 Å². The zero-order valence-electron chi connectivity index (χ0n) is 21.2. The van der Waals surface area contributed by atoms with Gasteiger partial charge in [-0.2, -0.15) is 0 Å². The molecule has 0 saturated carbocycles. The number of aromatic nitrogens is 2. The predicted octanol–water partition coefficient (Wildman–Crippen LogP) is 5.97. The number of rotatable bonds is 4. The molecule has 2 aromatic carbocycles. The number of benzene rings is 2. The van der Waals surface area contributed by atoms with Crippen LogP contribution >= 0.6 is 0 Å². The van der Waals surface area contributed by atoms with E-state index in [1.807, 2.05) is 52.8 Å². The van der Waals surface area contributed by atoms with Crippen molar-refractivity contribution in [3.63, 3.8) is 0 Å². The van der Waals surface area contributed by atoms with Gasteiger partial charge in [-0.05, 0) is 74.9 Å². The van der Waals surface area contributed by atoms with Crippen molar-refractivity contribution in [1.29, 1.82) is 0 Å². The molecule has 3 aromatic rings. The van der Waals surface area contributed by atoms with Crippen molar-refractivity contribution < 1.29 is 13.9 Å². The van der Waals surface area contributed by atoms with Gasteiger partial charge in [0, 0.05) is 25.6 Å². The lowest BCUT2D eigenvalue weighted by Gasteiger charge is -2.34. The molecular weight excluding hydrogens is 445 g/mol. The number of carbonyl (C=O) groups is 1. The van der Waals surface area contributed by atoms with Crippen LogP contribution in [-0.4, -0.2) is 39.2 Å². The molecule has 0 aliphatic carbocycles. The average molecular weight is 480 g/mol. The van der Waals surface area contributed by atoms with Crippen LogP contribution in [0.4, 0.5) is 9.18 Å². The third-order valence-corrected chi connectivity index (χ3v) is 6.29. The minimum atomic E-state index is -0.545. The molecule has 2 heterocycles. The highest BCUT2D eigenvalue weighted by Crippen LogP contribution is 2.26. The maximum absolute atomic E-state index is 13.7. The molecule has 1 fully saturated rings. The van der Waals surface area contributed by atoms with Gasteiger partial charge in [-0.25, -0.2) is 14.2 Å². The van der Waals surface area contributed by atoms with Crippen molar-refractivity contribution in [3.05, 3.63) is 64.5 Å². The van der Waals surface area contributed by atoms with Crippen LogP contribution in [0.2, 0.25) is 0 Å². The number of nitrogens with zero attached hydrogens (tertiary/aromatic N) is 3. The number of piperidine rings is 1. The number of hydrogen-bond donors (Lipinski definition) is 0. The molecule has 0 spiro atoms. The molecule has 1 aromatic heterocycles. The van der Waals surface area contributed by atoms with E-state index in [0.29, 0.717) is 30.5 Å². The summed E-state index contributed by atoms with van der Waals surface area (Å²) in [4.78, 5) is 32.9. The fraction of sp³-hybridized carbons (Fsp3) is 0.464. The van der Waals surface area contributed by atoms with E-state index in [-0.39, 0.29) is 29.3 Å². The second-order valence-electron chi connectivity index (χ2n) is 10.7. The molecule has 35 heavy (non-hydrogen) atoms. The molecule has 1 aliphatic heterocycles. The SMILES string of the molecule is CC(C)c1nc2ccc(-c3ccc(F)cc3)cc2c(=O)n1C[C@H]1CCCN(C(=O)OC(C)(C)C)C1. The molecule has 0 radical (unpaired) electrons. The van der Waals surface area contributed by atoms with E-state index < -0.39 is 5.60 Å². The molecule has 0 unspecified atom stereocenters. The maximum Gasteiger partial charge on any atom is 0.410 e. The third-order valence-electron chi connectivity index (χ3n) is 6.29. The lowest BCUT2D eigenvalue weighted by Crippen LogP contribution is -2.44. The van der Waals surface area contributed by atoms with Crippen LogP contribution < -0.4 is 5.56 Å². The number of fused-ring (bicyclic) bond motifs is 1. The van der Waals surface area contributed by atoms with E-state index in [1.54, 1.807) is 21.6 Å². The smallest absolute Gasteiger partial charge is 0.410 e. The van der Waals surface area contributed by atoms with Crippen LogP contribution in [0.25, 0.3) is 22.0 Å². The Morgan fingerprint density at radius 1 is 1.14 bits per heavy atom. The lowest BCUT2D eigenvalue weighted by molar-refractivity contribution is 0.0156. The zero-order chi connectivity index (χ0) is 25.3. The topological polar surface area (TPSA) is 64.4 Å². The molecule has 1 saturated heterocycles. The quantitative estimate of drug-likeness (QED) is 0.462. The predicted molar refractivity (Wildman–Crippen MR) is 136 cm³/mol. The van der Waals surface area contributed by atoms with E-state index in [1.165, 1.54) is 12.1 Å². The lowest BCUT2D eigenvalue weighted by atomic mass is 9.97. The number of amides is 1. The maximum atomic E-state index is 13.7. The Bertz CT molecular complexity index is 1280. The van der Waals surface area contributed by atoms with Crippen molar-refractivity contribution in [3.8, 4) is 11.1 Å². The first-order valence-corrected chi connectivity index (χ1v) is 12.3. The first-order chi connectivity index (χ1) is 16.5.